The minimum Gasteiger partial charge on any atom is -0.426 e. The molecule has 0 unspecified atom stereocenters. The molecule has 2 rings (SSSR count). The summed E-state index contributed by atoms with van der Waals surface area (Å²) in [5, 5.41) is 5.51. The zero-order valence-corrected chi connectivity index (χ0v) is 17.0. The van der Waals surface area contributed by atoms with Gasteiger partial charge in [0.25, 0.3) is 0 Å². The molecular formula is C22H27N3O4. The number of hydrogen-bond donors (Lipinski definition) is 2. The first kappa shape index (κ1) is 21.9. The fourth-order valence-corrected chi connectivity index (χ4v) is 2.53. The summed E-state index contributed by atoms with van der Waals surface area (Å²) >= 11 is 0. The Morgan fingerprint density at radius 2 is 1.66 bits per heavy atom. The molecule has 0 fully saturated rings. The maximum Gasteiger partial charge on any atom is 0.321 e. The van der Waals surface area contributed by atoms with E-state index >= 15 is 0 Å². The van der Waals surface area contributed by atoms with Gasteiger partial charge < -0.3 is 15.4 Å². The first-order chi connectivity index (χ1) is 13.8. The van der Waals surface area contributed by atoms with Gasteiger partial charge in [-0.2, -0.15) is 0 Å². The Morgan fingerprint density at radius 3 is 2.28 bits per heavy atom. The number of hydrogen-bond acceptors (Lipinski definition) is 4. The van der Waals surface area contributed by atoms with E-state index in [0.29, 0.717) is 11.4 Å². The Hall–Kier alpha value is -3.35. The molecule has 2 aromatic rings. The molecule has 154 valence electrons. The Labute approximate surface area is 171 Å². The van der Waals surface area contributed by atoms with Crippen LogP contribution >= 0.6 is 0 Å². The Morgan fingerprint density at radius 1 is 1.00 bits per heavy atom. The zero-order valence-electron chi connectivity index (χ0n) is 17.0. The Balaban J connectivity index is 1.74. The minimum absolute atomic E-state index is 0.0402. The third kappa shape index (κ3) is 7.65. The van der Waals surface area contributed by atoms with Crippen molar-refractivity contribution in [2.45, 2.75) is 32.7 Å². The number of carbonyl (C=O) groups excluding carboxylic acids is 3. The van der Waals surface area contributed by atoms with Crippen LogP contribution in [0.1, 0.15) is 25.8 Å². The van der Waals surface area contributed by atoms with Crippen LogP contribution in [0.3, 0.4) is 0 Å². The minimum atomic E-state index is -0.441. The van der Waals surface area contributed by atoms with Gasteiger partial charge in [-0.15, -0.1) is 0 Å². The monoisotopic (exact) mass is 397 g/mol. The molecule has 7 nitrogen and oxygen atoms in total. The van der Waals surface area contributed by atoms with Crippen LogP contribution in [0.4, 0.5) is 10.5 Å². The van der Waals surface area contributed by atoms with Crippen molar-refractivity contribution >= 4 is 23.6 Å². The van der Waals surface area contributed by atoms with Crippen molar-refractivity contribution in [1.82, 2.24) is 10.6 Å². The summed E-state index contributed by atoms with van der Waals surface area (Å²) in [6, 6.07) is 15.9. The fourth-order valence-electron chi connectivity index (χ4n) is 2.53. The number of nitrogens with one attached hydrogen (secondary N) is 2. The topological polar surface area (TPSA) is 87.7 Å². The van der Waals surface area contributed by atoms with Crippen molar-refractivity contribution in [3.05, 3.63) is 60.2 Å². The third-order valence-corrected chi connectivity index (χ3v) is 4.03. The molecule has 0 saturated heterocycles. The van der Waals surface area contributed by atoms with Crippen molar-refractivity contribution in [3.8, 4) is 5.75 Å². The molecule has 3 amide bonds. The maximum absolute atomic E-state index is 12.0. The predicted molar refractivity (Wildman–Crippen MR) is 112 cm³/mol. The first-order valence-corrected chi connectivity index (χ1v) is 9.50. The van der Waals surface area contributed by atoms with Crippen molar-refractivity contribution in [2.24, 2.45) is 0 Å². The number of urea groups is 1. The highest BCUT2D eigenvalue weighted by Crippen LogP contribution is 2.19. The van der Waals surface area contributed by atoms with E-state index in [0.717, 1.165) is 5.56 Å². The second kappa shape index (κ2) is 10.8. The number of benzene rings is 2. The summed E-state index contributed by atoms with van der Waals surface area (Å²) in [4.78, 5) is 37.3. The van der Waals surface area contributed by atoms with Crippen LogP contribution in [0, 0.1) is 0 Å². The number of carbonyl (C=O) groups is 3. The molecule has 0 aromatic heterocycles. The number of nitrogens with zero attached hydrogens (tertiary/aromatic N) is 1. The number of amides is 3. The molecule has 0 aliphatic carbocycles. The van der Waals surface area contributed by atoms with Gasteiger partial charge >= 0.3 is 12.0 Å². The number of ether oxygens (including phenoxy) is 1. The van der Waals surface area contributed by atoms with E-state index in [9.17, 15) is 14.4 Å². The quantitative estimate of drug-likeness (QED) is 0.530. The Bertz CT molecular complexity index is 820. The molecule has 2 N–H and O–H groups in total. The lowest BCUT2D eigenvalue weighted by Crippen LogP contribution is -2.40. The number of anilines is 1. The fraction of sp³-hybridized carbons (Fsp3) is 0.318. The van der Waals surface area contributed by atoms with E-state index in [4.69, 9.17) is 4.74 Å². The van der Waals surface area contributed by atoms with Crippen LogP contribution in [0.5, 0.6) is 5.75 Å². The lowest BCUT2D eigenvalue weighted by molar-refractivity contribution is -0.134. The highest BCUT2D eigenvalue weighted by molar-refractivity contribution is 5.91. The summed E-state index contributed by atoms with van der Waals surface area (Å²) in [6.45, 7) is 3.98. The van der Waals surface area contributed by atoms with Gasteiger partial charge in [0.2, 0.25) is 5.91 Å². The van der Waals surface area contributed by atoms with Crippen molar-refractivity contribution < 1.29 is 19.1 Å². The average Bonchev–Trinajstić information content (AvgIpc) is 2.68. The van der Waals surface area contributed by atoms with Gasteiger partial charge in [0.15, 0.2) is 0 Å². The molecule has 0 atom stereocenters. The van der Waals surface area contributed by atoms with E-state index in [-0.39, 0.29) is 37.4 Å². The van der Waals surface area contributed by atoms with E-state index in [1.165, 1.54) is 4.90 Å². The van der Waals surface area contributed by atoms with Crippen LogP contribution in [0.15, 0.2) is 54.6 Å². The second-order valence-electron chi connectivity index (χ2n) is 6.89. The van der Waals surface area contributed by atoms with Crippen LogP contribution in [-0.4, -0.2) is 37.5 Å². The first-order valence-electron chi connectivity index (χ1n) is 9.50. The molecular weight excluding hydrogens is 370 g/mol. The standard InChI is InChI=1S/C22H27N3O4/c1-16(2)24-22(28)25(3)18-9-11-19(12-10-18)29-21(27)13-14-23-20(26)15-17-7-5-4-6-8-17/h4-12,16H,13-15H2,1-3H3,(H,23,26)(H,24,28). The van der Waals surface area contributed by atoms with E-state index in [1.807, 2.05) is 44.2 Å². The van der Waals surface area contributed by atoms with Gasteiger partial charge in [0, 0.05) is 25.3 Å². The molecule has 2 aromatic carbocycles. The number of esters is 1. The number of rotatable bonds is 8. The summed E-state index contributed by atoms with van der Waals surface area (Å²) in [7, 11) is 1.66. The molecule has 0 spiro atoms. The van der Waals surface area contributed by atoms with Crippen molar-refractivity contribution in [3.63, 3.8) is 0 Å². The van der Waals surface area contributed by atoms with Crippen LogP contribution < -0.4 is 20.3 Å². The molecule has 0 heterocycles. The van der Waals surface area contributed by atoms with Gasteiger partial charge in [-0.25, -0.2) is 4.79 Å². The summed E-state index contributed by atoms with van der Waals surface area (Å²) in [5.74, 6) is -0.202. The van der Waals surface area contributed by atoms with Crippen LogP contribution in [0.25, 0.3) is 0 Å². The lowest BCUT2D eigenvalue weighted by atomic mass is 10.1. The molecule has 0 saturated carbocycles. The van der Waals surface area contributed by atoms with Gasteiger partial charge in [-0.1, -0.05) is 30.3 Å². The van der Waals surface area contributed by atoms with Crippen molar-refractivity contribution in [2.75, 3.05) is 18.5 Å². The third-order valence-electron chi connectivity index (χ3n) is 4.03. The second-order valence-corrected chi connectivity index (χ2v) is 6.89. The van der Waals surface area contributed by atoms with Gasteiger partial charge in [0.1, 0.15) is 5.75 Å². The van der Waals surface area contributed by atoms with Crippen LogP contribution in [0.2, 0.25) is 0 Å². The molecule has 0 aliphatic rings. The lowest BCUT2D eigenvalue weighted by Gasteiger charge is -2.20. The van der Waals surface area contributed by atoms with E-state index < -0.39 is 5.97 Å². The summed E-state index contributed by atoms with van der Waals surface area (Å²) < 4.78 is 5.26. The molecule has 7 heteroatoms. The predicted octanol–water partition coefficient (Wildman–Crippen LogP) is 2.90. The summed E-state index contributed by atoms with van der Waals surface area (Å²) in [6.07, 6.45) is 0.342. The molecule has 0 radical (unpaired) electrons. The maximum atomic E-state index is 12.0. The largest absolute Gasteiger partial charge is 0.426 e. The molecule has 29 heavy (non-hydrogen) atoms. The summed E-state index contributed by atoms with van der Waals surface area (Å²) in [5.41, 5.74) is 1.59. The van der Waals surface area contributed by atoms with E-state index in [2.05, 4.69) is 10.6 Å². The highest BCUT2D eigenvalue weighted by atomic mass is 16.5. The normalized spacial score (nSPS) is 10.3. The Kier molecular flexibility index (Phi) is 8.21. The van der Waals surface area contributed by atoms with Gasteiger partial charge in [0.05, 0.1) is 12.8 Å². The average molecular weight is 397 g/mol. The smallest absolute Gasteiger partial charge is 0.321 e. The zero-order chi connectivity index (χ0) is 21.2. The van der Waals surface area contributed by atoms with Gasteiger partial charge in [-0.3, -0.25) is 14.5 Å². The SMILES string of the molecule is CC(C)NC(=O)N(C)c1ccc(OC(=O)CCNC(=O)Cc2ccccc2)cc1. The van der Waals surface area contributed by atoms with E-state index in [1.54, 1.807) is 31.3 Å². The van der Waals surface area contributed by atoms with Crippen molar-refractivity contribution in [1.29, 1.82) is 0 Å². The molecule has 0 bridgehead atoms. The highest BCUT2D eigenvalue weighted by Gasteiger charge is 2.12. The van der Waals surface area contributed by atoms with Gasteiger partial charge in [-0.05, 0) is 43.7 Å². The molecule has 0 aliphatic heterocycles. The van der Waals surface area contributed by atoms with Crippen LogP contribution in [-0.2, 0) is 16.0 Å².